The Morgan fingerprint density at radius 3 is 2.64 bits per heavy atom. The largest absolute Gasteiger partial charge is 0.292 e. The first-order chi connectivity index (χ1) is 6.86. The van der Waals surface area contributed by atoms with Gasteiger partial charge in [0.05, 0.1) is 14.8 Å². The molecule has 2 rings (SSSR count). The average molecular weight is 240 g/mol. The van der Waals surface area contributed by atoms with Crippen LogP contribution < -0.4 is 0 Å². The third-order valence-corrected chi connectivity index (χ3v) is 4.68. The minimum absolute atomic E-state index is 0.221. The van der Waals surface area contributed by atoms with Gasteiger partial charge in [-0.3, -0.25) is 4.79 Å². The van der Waals surface area contributed by atoms with Gasteiger partial charge in [-0.1, -0.05) is 12.1 Å². The standard InChI is InChI=1S/C10H8OS3/c11-8(9-3-1-5-12-9)7-14-10-4-2-6-13-10/h1-6H,7H2. The summed E-state index contributed by atoms with van der Waals surface area (Å²) in [6.07, 6.45) is 0. The number of hydrogen-bond donors (Lipinski definition) is 0. The lowest BCUT2D eigenvalue weighted by molar-refractivity contribution is 0.102. The number of Topliss-reactive ketones (excluding diaryl/α,β-unsaturated/α-hetero) is 1. The van der Waals surface area contributed by atoms with E-state index >= 15 is 0 Å². The van der Waals surface area contributed by atoms with Gasteiger partial charge in [0.15, 0.2) is 5.78 Å². The predicted octanol–water partition coefficient (Wildman–Crippen LogP) is 3.78. The van der Waals surface area contributed by atoms with Gasteiger partial charge in [0.2, 0.25) is 0 Å². The number of rotatable bonds is 4. The lowest BCUT2D eigenvalue weighted by atomic mass is 10.4. The first kappa shape index (κ1) is 9.96. The Morgan fingerprint density at radius 2 is 2.00 bits per heavy atom. The maximum Gasteiger partial charge on any atom is 0.183 e. The van der Waals surface area contributed by atoms with E-state index in [2.05, 4.69) is 0 Å². The van der Waals surface area contributed by atoms with Gasteiger partial charge in [0.1, 0.15) is 0 Å². The lowest BCUT2D eigenvalue weighted by Gasteiger charge is -1.95. The number of hydrogen-bond acceptors (Lipinski definition) is 4. The molecule has 0 bridgehead atoms. The maximum atomic E-state index is 11.6. The van der Waals surface area contributed by atoms with Crippen LogP contribution in [0.25, 0.3) is 0 Å². The van der Waals surface area contributed by atoms with E-state index in [1.807, 2.05) is 35.0 Å². The van der Waals surface area contributed by atoms with E-state index in [1.54, 1.807) is 23.1 Å². The van der Waals surface area contributed by atoms with Crippen LogP contribution >= 0.6 is 34.4 Å². The SMILES string of the molecule is O=C(CSc1cccs1)c1cccs1. The third-order valence-electron chi connectivity index (χ3n) is 1.64. The first-order valence-corrected chi connectivity index (χ1v) is 6.84. The molecular formula is C10H8OS3. The van der Waals surface area contributed by atoms with Crippen molar-refractivity contribution in [3.63, 3.8) is 0 Å². The van der Waals surface area contributed by atoms with Crippen molar-refractivity contribution in [1.29, 1.82) is 0 Å². The molecule has 0 aliphatic rings. The third kappa shape index (κ3) is 2.47. The summed E-state index contributed by atoms with van der Waals surface area (Å²) in [4.78, 5) is 12.5. The summed E-state index contributed by atoms with van der Waals surface area (Å²) in [5.74, 6) is 0.763. The van der Waals surface area contributed by atoms with Crippen molar-refractivity contribution >= 4 is 40.2 Å². The summed E-state index contributed by atoms with van der Waals surface area (Å²) in [6.45, 7) is 0. The van der Waals surface area contributed by atoms with Crippen molar-refractivity contribution < 1.29 is 4.79 Å². The van der Waals surface area contributed by atoms with Gasteiger partial charge in [0.25, 0.3) is 0 Å². The van der Waals surface area contributed by atoms with Crippen LogP contribution in [0, 0.1) is 0 Å². The highest BCUT2D eigenvalue weighted by molar-refractivity contribution is 8.01. The van der Waals surface area contributed by atoms with Crippen LogP contribution in [-0.4, -0.2) is 11.5 Å². The van der Waals surface area contributed by atoms with Gasteiger partial charge in [-0.05, 0) is 22.9 Å². The average Bonchev–Trinajstić information content (AvgIpc) is 2.87. The van der Waals surface area contributed by atoms with Crippen molar-refractivity contribution in [2.45, 2.75) is 4.21 Å². The van der Waals surface area contributed by atoms with Crippen molar-refractivity contribution in [3.05, 3.63) is 39.9 Å². The normalized spacial score (nSPS) is 10.3. The van der Waals surface area contributed by atoms with Gasteiger partial charge in [-0.25, -0.2) is 0 Å². The second kappa shape index (κ2) is 4.77. The molecule has 2 heterocycles. The van der Waals surface area contributed by atoms with Gasteiger partial charge < -0.3 is 0 Å². The minimum Gasteiger partial charge on any atom is -0.292 e. The smallest absolute Gasteiger partial charge is 0.183 e. The molecule has 0 unspecified atom stereocenters. The summed E-state index contributed by atoms with van der Waals surface area (Å²) in [6, 6.07) is 7.83. The van der Waals surface area contributed by atoms with E-state index in [4.69, 9.17) is 0 Å². The van der Waals surface area contributed by atoms with E-state index in [1.165, 1.54) is 15.5 Å². The van der Waals surface area contributed by atoms with Crippen molar-refractivity contribution in [2.24, 2.45) is 0 Å². The molecule has 2 aromatic heterocycles. The van der Waals surface area contributed by atoms with E-state index in [-0.39, 0.29) is 5.78 Å². The van der Waals surface area contributed by atoms with Crippen LogP contribution in [0.2, 0.25) is 0 Å². The molecule has 0 saturated heterocycles. The monoisotopic (exact) mass is 240 g/mol. The predicted molar refractivity (Wildman–Crippen MR) is 63.7 cm³/mol. The molecule has 0 aromatic carbocycles. The quantitative estimate of drug-likeness (QED) is 0.597. The molecule has 0 aliphatic heterocycles. The molecule has 0 spiro atoms. The molecular weight excluding hydrogens is 232 g/mol. The Kier molecular flexibility index (Phi) is 3.39. The lowest BCUT2D eigenvalue weighted by Crippen LogP contribution is -1.98. The summed E-state index contributed by atoms with van der Waals surface area (Å²) in [5.41, 5.74) is 0. The van der Waals surface area contributed by atoms with Crippen molar-refractivity contribution in [3.8, 4) is 0 Å². The zero-order chi connectivity index (χ0) is 9.80. The molecule has 4 heteroatoms. The number of thiophene rings is 2. The first-order valence-electron chi connectivity index (χ1n) is 4.09. The van der Waals surface area contributed by atoms with Crippen LogP contribution in [0.5, 0.6) is 0 Å². The molecule has 0 amide bonds. The number of ketones is 1. The van der Waals surface area contributed by atoms with Crippen LogP contribution in [0.4, 0.5) is 0 Å². The van der Waals surface area contributed by atoms with Gasteiger partial charge in [-0.15, -0.1) is 34.4 Å². The molecule has 0 atom stereocenters. The van der Waals surface area contributed by atoms with E-state index in [0.717, 1.165) is 4.88 Å². The minimum atomic E-state index is 0.221. The molecule has 0 radical (unpaired) electrons. The maximum absolute atomic E-state index is 11.6. The number of thioether (sulfide) groups is 1. The van der Waals surface area contributed by atoms with Gasteiger partial charge >= 0.3 is 0 Å². The van der Waals surface area contributed by atoms with Crippen LogP contribution in [-0.2, 0) is 0 Å². The van der Waals surface area contributed by atoms with Gasteiger partial charge in [-0.2, -0.15) is 0 Å². The van der Waals surface area contributed by atoms with Crippen LogP contribution in [0.1, 0.15) is 9.67 Å². The fourth-order valence-corrected chi connectivity index (χ4v) is 3.41. The van der Waals surface area contributed by atoms with E-state index in [0.29, 0.717) is 5.75 Å². The zero-order valence-electron chi connectivity index (χ0n) is 7.30. The fraction of sp³-hybridized carbons (Fsp3) is 0.100. The van der Waals surface area contributed by atoms with Crippen LogP contribution in [0.3, 0.4) is 0 Å². The van der Waals surface area contributed by atoms with E-state index < -0.39 is 0 Å². The molecule has 1 nitrogen and oxygen atoms in total. The Bertz CT molecular complexity index is 389. The number of carbonyl (C=O) groups excluding carboxylic acids is 1. The van der Waals surface area contributed by atoms with Gasteiger partial charge in [0, 0.05) is 0 Å². The highest BCUT2D eigenvalue weighted by atomic mass is 32.2. The second-order valence-electron chi connectivity index (χ2n) is 2.62. The van der Waals surface area contributed by atoms with Crippen molar-refractivity contribution in [1.82, 2.24) is 0 Å². The molecule has 0 saturated carbocycles. The van der Waals surface area contributed by atoms with E-state index in [9.17, 15) is 4.79 Å². The number of carbonyl (C=O) groups is 1. The Hall–Kier alpha value is -0.580. The fourth-order valence-electron chi connectivity index (χ4n) is 0.991. The molecule has 14 heavy (non-hydrogen) atoms. The molecule has 0 N–H and O–H groups in total. The summed E-state index contributed by atoms with van der Waals surface area (Å²) in [7, 11) is 0. The molecule has 0 fully saturated rings. The molecule has 2 aromatic rings. The highest BCUT2D eigenvalue weighted by Crippen LogP contribution is 2.24. The molecule has 72 valence electrons. The zero-order valence-corrected chi connectivity index (χ0v) is 9.75. The van der Waals surface area contributed by atoms with Crippen molar-refractivity contribution in [2.75, 3.05) is 5.75 Å². The highest BCUT2D eigenvalue weighted by Gasteiger charge is 2.07. The Balaban J connectivity index is 1.90. The van der Waals surface area contributed by atoms with Crippen LogP contribution in [0.15, 0.2) is 39.2 Å². The summed E-state index contributed by atoms with van der Waals surface area (Å²) >= 11 is 4.79. The summed E-state index contributed by atoms with van der Waals surface area (Å²) in [5, 5.41) is 3.96. The summed E-state index contributed by atoms with van der Waals surface area (Å²) < 4.78 is 1.20. The second-order valence-corrected chi connectivity index (χ2v) is 5.79. The molecule has 0 aliphatic carbocycles. The topological polar surface area (TPSA) is 17.1 Å². The Labute approximate surface area is 94.8 Å². The Morgan fingerprint density at radius 1 is 1.21 bits per heavy atom.